The lowest BCUT2D eigenvalue weighted by atomic mass is 10.2. The number of nitrogens with zero attached hydrogens (tertiary/aromatic N) is 4. The first kappa shape index (κ1) is 14.9. The number of nitrogens with one attached hydrogen (secondary N) is 1. The third kappa shape index (κ3) is 3.40. The zero-order valence-electron chi connectivity index (χ0n) is 11.7. The number of aromatic nitrogens is 4. The Balaban J connectivity index is 1.65. The van der Waals surface area contributed by atoms with Gasteiger partial charge in [0.1, 0.15) is 6.54 Å². The van der Waals surface area contributed by atoms with Crippen LogP contribution in [0.4, 0.5) is 5.69 Å². The zero-order chi connectivity index (χ0) is 15.5. The molecule has 8 heteroatoms. The Hall–Kier alpha value is -2.06. The summed E-state index contributed by atoms with van der Waals surface area (Å²) in [7, 11) is 0. The Kier molecular flexibility index (Phi) is 4.30. The minimum absolute atomic E-state index is 0.0165. The summed E-state index contributed by atoms with van der Waals surface area (Å²) in [6.45, 7) is 2.00. The minimum atomic E-state index is -0.204. The van der Waals surface area contributed by atoms with Crippen molar-refractivity contribution >= 4 is 38.9 Å². The molecule has 0 bridgehead atoms. The van der Waals surface area contributed by atoms with E-state index in [4.69, 9.17) is 0 Å². The number of halogens is 1. The van der Waals surface area contributed by atoms with Gasteiger partial charge in [0.15, 0.2) is 0 Å². The highest BCUT2D eigenvalue weighted by Crippen LogP contribution is 2.20. The van der Waals surface area contributed by atoms with Crippen LogP contribution >= 0.6 is 27.3 Å². The van der Waals surface area contributed by atoms with Crippen LogP contribution in [0.15, 0.2) is 39.5 Å². The van der Waals surface area contributed by atoms with Crippen molar-refractivity contribution in [2.45, 2.75) is 13.5 Å². The number of anilines is 1. The van der Waals surface area contributed by atoms with E-state index < -0.39 is 0 Å². The summed E-state index contributed by atoms with van der Waals surface area (Å²) in [5.41, 5.74) is 2.73. The van der Waals surface area contributed by atoms with Gasteiger partial charge in [-0.1, -0.05) is 22.0 Å². The van der Waals surface area contributed by atoms with Gasteiger partial charge in [-0.05, 0) is 41.3 Å². The lowest BCUT2D eigenvalue weighted by Gasteiger charge is -2.06. The summed E-state index contributed by atoms with van der Waals surface area (Å²) in [6, 6.07) is 7.56. The van der Waals surface area contributed by atoms with Gasteiger partial charge in [-0.2, -0.15) is 16.1 Å². The van der Waals surface area contributed by atoms with Gasteiger partial charge in [-0.15, -0.1) is 10.2 Å². The molecule has 0 atom stereocenters. The minimum Gasteiger partial charge on any atom is -0.324 e. The summed E-state index contributed by atoms with van der Waals surface area (Å²) >= 11 is 5.00. The second kappa shape index (κ2) is 6.37. The third-order valence-corrected chi connectivity index (χ3v) is 4.51. The molecule has 2 aromatic heterocycles. The first-order chi connectivity index (χ1) is 10.6. The van der Waals surface area contributed by atoms with Crippen molar-refractivity contribution in [3.63, 3.8) is 0 Å². The molecule has 3 aromatic rings. The molecule has 3 rings (SSSR count). The van der Waals surface area contributed by atoms with Gasteiger partial charge >= 0.3 is 0 Å². The molecule has 0 saturated heterocycles. The van der Waals surface area contributed by atoms with Gasteiger partial charge in [0.25, 0.3) is 0 Å². The molecular formula is C14H12BrN5OS. The Bertz CT molecular complexity index is 799. The maximum atomic E-state index is 12.0. The summed E-state index contributed by atoms with van der Waals surface area (Å²) in [4.78, 5) is 13.3. The van der Waals surface area contributed by atoms with Crippen LogP contribution in [-0.2, 0) is 11.3 Å². The number of hydrogen-bond donors (Lipinski definition) is 1. The predicted molar refractivity (Wildman–Crippen MR) is 88.6 cm³/mol. The van der Waals surface area contributed by atoms with Gasteiger partial charge in [0.2, 0.25) is 11.7 Å². The SMILES string of the molecule is Cc1ccc(NC(=O)Cn2nnc(-c3ccsc3)n2)cc1Br. The van der Waals surface area contributed by atoms with Crippen LogP contribution in [0.25, 0.3) is 11.4 Å². The Morgan fingerprint density at radius 1 is 1.41 bits per heavy atom. The zero-order valence-corrected chi connectivity index (χ0v) is 14.1. The van der Waals surface area contributed by atoms with Crippen molar-refractivity contribution in [3.05, 3.63) is 45.1 Å². The molecule has 0 aliphatic heterocycles. The molecular weight excluding hydrogens is 366 g/mol. The maximum Gasteiger partial charge on any atom is 0.248 e. The first-order valence-electron chi connectivity index (χ1n) is 6.48. The molecule has 0 unspecified atom stereocenters. The topological polar surface area (TPSA) is 72.7 Å². The Morgan fingerprint density at radius 3 is 3.00 bits per heavy atom. The lowest BCUT2D eigenvalue weighted by Crippen LogP contribution is -2.20. The van der Waals surface area contributed by atoms with E-state index >= 15 is 0 Å². The van der Waals surface area contributed by atoms with E-state index in [1.54, 1.807) is 11.3 Å². The van der Waals surface area contributed by atoms with Gasteiger partial charge in [-0.3, -0.25) is 4.79 Å². The van der Waals surface area contributed by atoms with Gasteiger partial charge in [0.05, 0.1) is 0 Å². The van der Waals surface area contributed by atoms with Crippen molar-refractivity contribution in [2.75, 3.05) is 5.32 Å². The monoisotopic (exact) mass is 377 g/mol. The number of tetrazole rings is 1. The third-order valence-electron chi connectivity index (χ3n) is 2.97. The highest BCUT2D eigenvalue weighted by atomic mass is 79.9. The van der Waals surface area contributed by atoms with E-state index in [9.17, 15) is 4.79 Å². The quantitative estimate of drug-likeness (QED) is 0.757. The van der Waals surface area contributed by atoms with E-state index in [1.165, 1.54) is 4.80 Å². The molecule has 112 valence electrons. The molecule has 1 amide bonds. The van der Waals surface area contributed by atoms with E-state index in [2.05, 4.69) is 36.7 Å². The van der Waals surface area contributed by atoms with Gasteiger partial charge in [0, 0.05) is 21.1 Å². The molecule has 1 N–H and O–H groups in total. The highest BCUT2D eigenvalue weighted by Gasteiger charge is 2.10. The largest absolute Gasteiger partial charge is 0.324 e. The van der Waals surface area contributed by atoms with Crippen LogP contribution in [0.1, 0.15) is 5.56 Å². The van der Waals surface area contributed by atoms with Crippen LogP contribution in [0, 0.1) is 6.92 Å². The molecule has 0 fully saturated rings. The van der Waals surface area contributed by atoms with Crippen molar-refractivity contribution < 1.29 is 4.79 Å². The molecule has 6 nitrogen and oxygen atoms in total. The molecule has 2 heterocycles. The van der Waals surface area contributed by atoms with Crippen molar-refractivity contribution in [2.24, 2.45) is 0 Å². The summed E-state index contributed by atoms with van der Waals surface area (Å²) < 4.78 is 0.948. The van der Waals surface area contributed by atoms with E-state index in [0.29, 0.717) is 5.82 Å². The number of amides is 1. The van der Waals surface area contributed by atoms with Crippen LogP contribution in [0.3, 0.4) is 0 Å². The van der Waals surface area contributed by atoms with Crippen molar-refractivity contribution in [3.8, 4) is 11.4 Å². The van der Waals surface area contributed by atoms with Crippen molar-refractivity contribution in [1.29, 1.82) is 0 Å². The first-order valence-corrected chi connectivity index (χ1v) is 8.22. The molecule has 1 aromatic carbocycles. The Morgan fingerprint density at radius 2 is 2.27 bits per heavy atom. The number of benzene rings is 1. The number of carbonyl (C=O) groups is 1. The number of rotatable bonds is 4. The number of thiophene rings is 1. The average Bonchev–Trinajstić information content (AvgIpc) is 3.13. The van der Waals surface area contributed by atoms with E-state index in [-0.39, 0.29) is 12.5 Å². The fourth-order valence-corrected chi connectivity index (χ4v) is 2.83. The van der Waals surface area contributed by atoms with Crippen LogP contribution < -0.4 is 5.32 Å². The molecule has 0 radical (unpaired) electrons. The fraction of sp³-hybridized carbons (Fsp3) is 0.143. The summed E-state index contributed by atoms with van der Waals surface area (Å²) in [5.74, 6) is 0.317. The summed E-state index contributed by atoms with van der Waals surface area (Å²) in [5, 5.41) is 18.7. The van der Waals surface area contributed by atoms with Crippen LogP contribution in [-0.4, -0.2) is 26.1 Å². The van der Waals surface area contributed by atoms with Crippen LogP contribution in [0.2, 0.25) is 0 Å². The van der Waals surface area contributed by atoms with Crippen LogP contribution in [0.5, 0.6) is 0 Å². The molecule has 0 aliphatic carbocycles. The number of carbonyl (C=O) groups excluding carboxylic acids is 1. The molecule has 0 spiro atoms. The summed E-state index contributed by atoms with van der Waals surface area (Å²) in [6.07, 6.45) is 0. The second-order valence-corrected chi connectivity index (χ2v) is 6.30. The number of aryl methyl sites for hydroxylation is 1. The molecule has 0 saturated carbocycles. The van der Waals surface area contributed by atoms with Gasteiger partial charge in [-0.25, -0.2) is 0 Å². The Labute approximate surface area is 139 Å². The van der Waals surface area contributed by atoms with E-state index in [0.717, 1.165) is 21.3 Å². The van der Waals surface area contributed by atoms with Gasteiger partial charge < -0.3 is 5.32 Å². The maximum absolute atomic E-state index is 12.0. The molecule has 0 aliphatic rings. The standard InChI is InChI=1S/C14H12BrN5OS/c1-9-2-3-11(6-12(9)15)16-13(21)7-20-18-14(17-19-20)10-4-5-22-8-10/h2-6,8H,7H2,1H3,(H,16,21). The average molecular weight is 378 g/mol. The predicted octanol–water partition coefficient (Wildman–Crippen LogP) is 3.11. The smallest absolute Gasteiger partial charge is 0.248 e. The number of hydrogen-bond acceptors (Lipinski definition) is 5. The lowest BCUT2D eigenvalue weighted by molar-refractivity contribution is -0.117. The van der Waals surface area contributed by atoms with Crippen molar-refractivity contribution in [1.82, 2.24) is 20.2 Å². The normalized spacial score (nSPS) is 10.6. The fourth-order valence-electron chi connectivity index (χ4n) is 1.82. The highest BCUT2D eigenvalue weighted by molar-refractivity contribution is 9.10. The second-order valence-electron chi connectivity index (χ2n) is 4.67. The van der Waals surface area contributed by atoms with E-state index in [1.807, 2.05) is 41.9 Å². The molecule has 22 heavy (non-hydrogen) atoms.